The molecule has 0 unspecified atom stereocenters. The lowest BCUT2D eigenvalue weighted by atomic mass is 9.75. The lowest BCUT2D eigenvalue weighted by molar-refractivity contribution is -0.287. The molecule has 0 aromatic carbocycles. The zero-order chi connectivity index (χ0) is 21.9. The van der Waals surface area contributed by atoms with E-state index in [1.807, 2.05) is 0 Å². The second-order valence-electron chi connectivity index (χ2n) is 8.43. The molecule has 11 heteroatoms. The van der Waals surface area contributed by atoms with E-state index in [4.69, 9.17) is 14.0 Å². The zero-order valence-corrected chi connectivity index (χ0v) is 18.0. The first-order valence-corrected chi connectivity index (χ1v) is 11.3. The first kappa shape index (κ1) is 24.4. The van der Waals surface area contributed by atoms with Crippen LogP contribution in [0, 0.1) is 17.8 Å². The fraction of sp³-hybridized carbons (Fsp3) is 0.944. The molecular formula is C18H33NO9S. The van der Waals surface area contributed by atoms with Gasteiger partial charge in [0.05, 0.1) is 12.7 Å². The van der Waals surface area contributed by atoms with Gasteiger partial charge in [0.15, 0.2) is 6.29 Å². The molecule has 0 radical (unpaired) electrons. The van der Waals surface area contributed by atoms with Crippen LogP contribution in [0.3, 0.4) is 0 Å². The topological polar surface area (TPSA) is 152 Å². The van der Waals surface area contributed by atoms with E-state index in [-0.39, 0.29) is 12.0 Å². The Bertz CT molecular complexity index is 656. The van der Waals surface area contributed by atoms with Gasteiger partial charge >= 0.3 is 10.4 Å². The maximum absolute atomic E-state index is 11.7. The molecule has 1 amide bonds. The van der Waals surface area contributed by atoms with Gasteiger partial charge in [-0.1, -0.05) is 27.2 Å². The average Bonchev–Trinajstić information content (AvgIpc) is 2.59. The summed E-state index contributed by atoms with van der Waals surface area (Å²) < 4.78 is 47.7. The molecule has 170 valence electrons. The van der Waals surface area contributed by atoms with E-state index >= 15 is 0 Å². The minimum absolute atomic E-state index is 0.189. The van der Waals surface area contributed by atoms with Crippen molar-refractivity contribution in [3.8, 4) is 0 Å². The summed E-state index contributed by atoms with van der Waals surface area (Å²) in [5, 5.41) is 22.8. The molecule has 2 rings (SSSR count). The highest BCUT2D eigenvalue weighted by Gasteiger charge is 2.50. The van der Waals surface area contributed by atoms with Crippen molar-refractivity contribution in [2.24, 2.45) is 17.8 Å². The van der Waals surface area contributed by atoms with E-state index in [0.29, 0.717) is 11.8 Å². The van der Waals surface area contributed by atoms with Crippen LogP contribution < -0.4 is 5.32 Å². The fourth-order valence-corrected chi connectivity index (χ4v) is 4.79. The van der Waals surface area contributed by atoms with Gasteiger partial charge in [-0.05, 0) is 30.6 Å². The van der Waals surface area contributed by atoms with Crippen molar-refractivity contribution in [2.45, 2.75) is 83.7 Å². The van der Waals surface area contributed by atoms with Gasteiger partial charge in [0, 0.05) is 6.92 Å². The van der Waals surface area contributed by atoms with Crippen LogP contribution in [-0.2, 0) is 28.9 Å². The number of hydrogen-bond donors (Lipinski definition) is 4. The number of carbonyl (C=O) groups is 1. The molecule has 0 bridgehead atoms. The van der Waals surface area contributed by atoms with Crippen LogP contribution in [0.4, 0.5) is 0 Å². The second-order valence-corrected chi connectivity index (χ2v) is 9.48. The summed E-state index contributed by atoms with van der Waals surface area (Å²) in [5.41, 5.74) is 0. The molecule has 0 spiro atoms. The first-order chi connectivity index (χ1) is 13.4. The molecule has 2 aliphatic rings. The standard InChI is InChI=1S/C18H33NO9S/c1-9(2)12-6-5-10(3)7-13(12)26-18-15(19-11(4)21)16(22)17(14(8-20)27-18)28-29(23,24)25/h9-10,12-18,20,22H,5-8H2,1-4H3,(H,19,21)(H,23,24,25)/t10-,12+,13-,14-,15-,16-,17+,18-/m1/s1. The number of ether oxygens (including phenoxy) is 2. The highest BCUT2D eigenvalue weighted by Crippen LogP contribution is 2.37. The van der Waals surface area contributed by atoms with Crippen molar-refractivity contribution in [1.82, 2.24) is 5.32 Å². The molecule has 0 aromatic heterocycles. The summed E-state index contributed by atoms with van der Waals surface area (Å²) in [6.07, 6.45) is -2.97. The number of rotatable bonds is 7. The van der Waals surface area contributed by atoms with Crippen molar-refractivity contribution in [3.63, 3.8) is 0 Å². The third-order valence-electron chi connectivity index (χ3n) is 5.73. The largest absolute Gasteiger partial charge is 0.397 e. The Labute approximate surface area is 171 Å². The van der Waals surface area contributed by atoms with Crippen molar-refractivity contribution >= 4 is 16.3 Å². The Hall–Kier alpha value is -0.820. The summed E-state index contributed by atoms with van der Waals surface area (Å²) in [5.74, 6) is 0.553. The number of amides is 1. The summed E-state index contributed by atoms with van der Waals surface area (Å²) in [4.78, 5) is 11.7. The van der Waals surface area contributed by atoms with Crippen molar-refractivity contribution in [1.29, 1.82) is 0 Å². The van der Waals surface area contributed by atoms with Gasteiger partial charge in [-0.15, -0.1) is 0 Å². The van der Waals surface area contributed by atoms with Crippen molar-refractivity contribution in [3.05, 3.63) is 0 Å². The van der Waals surface area contributed by atoms with E-state index in [9.17, 15) is 23.4 Å². The summed E-state index contributed by atoms with van der Waals surface area (Å²) in [7, 11) is -4.93. The van der Waals surface area contributed by atoms with E-state index in [0.717, 1.165) is 19.3 Å². The molecule has 2 fully saturated rings. The molecular weight excluding hydrogens is 406 g/mol. The summed E-state index contributed by atoms with van der Waals surface area (Å²) in [6, 6.07) is -1.15. The quantitative estimate of drug-likeness (QED) is 0.409. The Kier molecular flexibility index (Phi) is 8.42. The highest BCUT2D eigenvalue weighted by molar-refractivity contribution is 7.80. The SMILES string of the molecule is CC(=O)N[C@H]1[C@H](O[C@@H]2C[C@H](C)CC[C@H]2C(C)C)O[C@H](CO)[C@H](OS(=O)(=O)O)[C@@H]1O. The summed E-state index contributed by atoms with van der Waals surface area (Å²) in [6.45, 7) is 6.89. The van der Waals surface area contributed by atoms with Crippen LogP contribution in [0.15, 0.2) is 0 Å². The van der Waals surface area contributed by atoms with Crippen LogP contribution in [0.25, 0.3) is 0 Å². The molecule has 1 saturated heterocycles. The molecule has 4 N–H and O–H groups in total. The second kappa shape index (κ2) is 9.99. The number of aliphatic hydroxyl groups is 2. The van der Waals surface area contributed by atoms with E-state index in [1.165, 1.54) is 6.92 Å². The van der Waals surface area contributed by atoms with E-state index in [2.05, 4.69) is 30.3 Å². The Morgan fingerprint density at radius 1 is 1.31 bits per heavy atom. The monoisotopic (exact) mass is 439 g/mol. The molecule has 1 heterocycles. The van der Waals surface area contributed by atoms with E-state index in [1.54, 1.807) is 0 Å². The third kappa shape index (κ3) is 6.58. The van der Waals surface area contributed by atoms with Crippen LogP contribution in [0.1, 0.15) is 47.0 Å². The van der Waals surface area contributed by atoms with Crippen LogP contribution in [-0.4, -0.2) is 72.4 Å². The van der Waals surface area contributed by atoms with E-state index < -0.39 is 53.6 Å². The van der Waals surface area contributed by atoms with Gasteiger partial charge in [-0.2, -0.15) is 8.42 Å². The van der Waals surface area contributed by atoms with Gasteiger partial charge in [0.1, 0.15) is 24.4 Å². The van der Waals surface area contributed by atoms with Gasteiger partial charge in [0.25, 0.3) is 0 Å². The van der Waals surface area contributed by atoms with Crippen LogP contribution >= 0.6 is 0 Å². The third-order valence-corrected chi connectivity index (χ3v) is 6.19. The van der Waals surface area contributed by atoms with Gasteiger partial charge in [0.2, 0.25) is 5.91 Å². The maximum Gasteiger partial charge on any atom is 0.397 e. The van der Waals surface area contributed by atoms with Crippen molar-refractivity contribution in [2.75, 3.05) is 6.61 Å². The number of hydrogen-bond acceptors (Lipinski definition) is 8. The first-order valence-electron chi connectivity index (χ1n) is 9.95. The zero-order valence-electron chi connectivity index (χ0n) is 17.2. The Morgan fingerprint density at radius 3 is 2.48 bits per heavy atom. The Morgan fingerprint density at radius 2 is 1.97 bits per heavy atom. The van der Waals surface area contributed by atoms with Crippen LogP contribution in [0.2, 0.25) is 0 Å². The molecule has 8 atom stereocenters. The van der Waals surface area contributed by atoms with Crippen LogP contribution in [0.5, 0.6) is 0 Å². The fourth-order valence-electron chi connectivity index (χ4n) is 4.27. The molecule has 1 saturated carbocycles. The number of carbonyl (C=O) groups excluding carboxylic acids is 1. The van der Waals surface area contributed by atoms with Gasteiger partial charge < -0.3 is 25.0 Å². The molecule has 10 nitrogen and oxygen atoms in total. The van der Waals surface area contributed by atoms with Gasteiger partial charge in [-0.25, -0.2) is 4.18 Å². The lowest BCUT2D eigenvalue weighted by Crippen LogP contribution is -2.66. The Balaban J connectivity index is 2.27. The smallest absolute Gasteiger partial charge is 0.394 e. The molecule has 1 aliphatic carbocycles. The predicted molar refractivity (Wildman–Crippen MR) is 102 cm³/mol. The molecule has 29 heavy (non-hydrogen) atoms. The normalized spacial score (nSPS) is 38.8. The highest BCUT2D eigenvalue weighted by atomic mass is 32.3. The predicted octanol–water partition coefficient (Wildman–Crippen LogP) is 0.235. The number of nitrogens with one attached hydrogen (secondary N) is 1. The lowest BCUT2D eigenvalue weighted by Gasteiger charge is -2.46. The minimum atomic E-state index is -4.93. The minimum Gasteiger partial charge on any atom is -0.394 e. The summed E-state index contributed by atoms with van der Waals surface area (Å²) >= 11 is 0. The van der Waals surface area contributed by atoms with Gasteiger partial charge in [-0.3, -0.25) is 9.35 Å². The maximum atomic E-state index is 11.7. The van der Waals surface area contributed by atoms with Crippen molar-refractivity contribution < 1.29 is 41.6 Å². The average molecular weight is 440 g/mol. The molecule has 1 aliphatic heterocycles. The number of aliphatic hydroxyl groups excluding tert-OH is 2. The molecule has 0 aromatic rings.